The van der Waals surface area contributed by atoms with Gasteiger partial charge in [-0.05, 0) is 81.6 Å². The zero-order chi connectivity index (χ0) is 14.4. The van der Waals surface area contributed by atoms with E-state index in [1.165, 1.54) is 32.2 Å². The summed E-state index contributed by atoms with van der Waals surface area (Å²) in [7, 11) is 0. The van der Waals surface area contributed by atoms with Crippen LogP contribution in [0.1, 0.15) is 51.9 Å². The van der Waals surface area contributed by atoms with Crippen molar-refractivity contribution >= 4 is 0 Å². The minimum Gasteiger partial charge on any atom is -0.394 e. The molecule has 5 rings (SSSR count). The van der Waals surface area contributed by atoms with Gasteiger partial charge in [-0.3, -0.25) is 4.90 Å². The highest BCUT2D eigenvalue weighted by atomic mass is 16.5. The molecule has 0 amide bonds. The molecule has 4 saturated carbocycles. The maximum atomic E-state index is 9.37. The van der Waals surface area contributed by atoms with Gasteiger partial charge in [-0.1, -0.05) is 0 Å². The Kier molecular flexibility index (Phi) is 3.79. The molecule has 5 fully saturated rings. The Morgan fingerprint density at radius 2 is 1.67 bits per heavy atom. The quantitative estimate of drug-likeness (QED) is 0.865. The Labute approximate surface area is 129 Å². The number of hydrogen-bond acceptors (Lipinski definition) is 3. The fraction of sp³-hybridized carbons (Fsp3) is 1.00. The third kappa shape index (κ3) is 2.89. The van der Waals surface area contributed by atoms with Crippen LogP contribution < -0.4 is 0 Å². The largest absolute Gasteiger partial charge is 0.394 e. The van der Waals surface area contributed by atoms with Gasteiger partial charge in [-0.25, -0.2) is 0 Å². The molecule has 0 aromatic rings. The highest BCUT2D eigenvalue weighted by molar-refractivity contribution is 5.01. The SMILES string of the molecule is CC1CN(CCC23CC4CC(CC(C4)C2)C3)CC(CO)O1. The minimum atomic E-state index is 0.0325. The average molecular weight is 293 g/mol. The van der Waals surface area contributed by atoms with Crippen molar-refractivity contribution in [3.05, 3.63) is 0 Å². The predicted molar refractivity (Wildman–Crippen MR) is 83.1 cm³/mol. The Morgan fingerprint density at radius 1 is 1.05 bits per heavy atom. The molecule has 0 radical (unpaired) electrons. The first kappa shape index (κ1) is 14.5. The molecule has 4 aliphatic carbocycles. The van der Waals surface area contributed by atoms with Gasteiger partial charge in [0.15, 0.2) is 0 Å². The van der Waals surface area contributed by atoms with Crippen LogP contribution in [0.15, 0.2) is 0 Å². The topological polar surface area (TPSA) is 32.7 Å². The molecule has 1 saturated heterocycles. The van der Waals surface area contributed by atoms with Crippen LogP contribution in [0, 0.1) is 23.2 Å². The summed E-state index contributed by atoms with van der Waals surface area (Å²) in [5, 5.41) is 9.37. The molecule has 2 unspecified atom stereocenters. The molecule has 2 atom stereocenters. The van der Waals surface area contributed by atoms with Gasteiger partial charge in [-0.15, -0.1) is 0 Å². The standard InChI is InChI=1S/C18H31NO2/c1-13-10-19(11-17(12-20)21-13)3-2-18-7-14-4-15(8-18)6-16(5-14)9-18/h13-17,20H,2-12H2,1H3. The van der Waals surface area contributed by atoms with Crippen molar-refractivity contribution in [3.8, 4) is 0 Å². The number of hydrogen-bond donors (Lipinski definition) is 1. The molecule has 21 heavy (non-hydrogen) atoms. The summed E-state index contributed by atoms with van der Waals surface area (Å²) in [5.41, 5.74) is 0.686. The minimum absolute atomic E-state index is 0.0325. The van der Waals surface area contributed by atoms with Gasteiger partial charge in [0.25, 0.3) is 0 Å². The molecule has 1 heterocycles. The number of aliphatic hydroxyl groups is 1. The maximum Gasteiger partial charge on any atom is 0.0936 e. The molecule has 120 valence electrons. The average Bonchev–Trinajstić information content (AvgIpc) is 2.43. The first-order valence-corrected chi connectivity index (χ1v) is 9.13. The number of rotatable bonds is 4. The van der Waals surface area contributed by atoms with Crippen molar-refractivity contribution in [3.63, 3.8) is 0 Å². The summed E-state index contributed by atoms with van der Waals surface area (Å²) < 4.78 is 5.77. The molecule has 1 aliphatic heterocycles. The Bertz CT molecular complexity index is 348. The van der Waals surface area contributed by atoms with E-state index in [1.54, 1.807) is 19.3 Å². The van der Waals surface area contributed by atoms with E-state index < -0.39 is 0 Å². The van der Waals surface area contributed by atoms with Crippen molar-refractivity contribution < 1.29 is 9.84 Å². The Hall–Kier alpha value is -0.120. The second-order valence-electron chi connectivity index (χ2n) is 8.68. The summed E-state index contributed by atoms with van der Waals surface area (Å²) in [5.74, 6) is 3.18. The number of aliphatic hydroxyl groups excluding tert-OH is 1. The van der Waals surface area contributed by atoms with E-state index in [0.29, 0.717) is 5.41 Å². The van der Waals surface area contributed by atoms with Gasteiger partial charge in [0, 0.05) is 13.1 Å². The van der Waals surface area contributed by atoms with Crippen LogP contribution in [0.2, 0.25) is 0 Å². The van der Waals surface area contributed by atoms with E-state index in [1.807, 2.05) is 0 Å². The van der Waals surface area contributed by atoms with Crippen molar-refractivity contribution in [1.82, 2.24) is 4.90 Å². The summed E-state index contributed by atoms with van der Waals surface area (Å²) >= 11 is 0. The molecule has 0 aromatic carbocycles. The van der Waals surface area contributed by atoms with Crippen LogP contribution in [-0.4, -0.2) is 48.5 Å². The van der Waals surface area contributed by atoms with E-state index in [-0.39, 0.29) is 18.8 Å². The number of morpholine rings is 1. The molecule has 4 bridgehead atoms. The molecule has 0 aromatic heterocycles. The predicted octanol–water partition coefficient (Wildman–Crippen LogP) is 2.67. The summed E-state index contributed by atoms with van der Waals surface area (Å²) in [6.45, 7) is 5.49. The second-order valence-corrected chi connectivity index (χ2v) is 8.68. The van der Waals surface area contributed by atoms with Crippen molar-refractivity contribution in [2.24, 2.45) is 23.2 Å². The third-order valence-corrected chi connectivity index (χ3v) is 6.73. The summed E-state index contributed by atoms with van der Waals surface area (Å²) in [4.78, 5) is 2.55. The lowest BCUT2D eigenvalue weighted by molar-refractivity contribution is -0.104. The van der Waals surface area contributed by atoms with Crippen molar-refractivity contribution in [1.29, 1.82) is 0 Å². The van der Waals surface area contributed by atoms with Crippen LogP contribution in [0.4, 0.5) is 0 Å². The first-order chi connectivity index (χ1) is 10.1. The van der Waals surface area contributed by atoms with Crippen LogP contribution in [-0.2, 0) is 4.74 Å². The summed E-state index contributed by atoms with van der Waals surface area (Å²) in [6.07, 6.45) is 10.9. The van der Waals surface area contributed by atoms with E-state index in [0.717, 1.165) is 30.8 Å². The third-order valence-electron chi connectivity index (χ3n) is 6.73. The van der Waals surface area contributed by atoms with Crippen LogP contribution in [0.5, 0.6) is 0 Å². The lowest BCUT2D eigenvalue weighted by atomic mass is 9.49. The van der Waals surface area contributed by atoms with E-state index >= 15 is 0 Å². The van der Waals surface area contributed by atoms with Crippen LogP contribution >= 0.6 is 0 Å². The van der Waals surface area contributed by atoms with Crippen molar-refractivity contribution in [2.45, 2.75) is 64.1 Å². The van der Waals surface area contributed by atoms with Gasteiger partial charge >= 0.3 is 0 Å². The molecule has 1 N–H and O–H groups in total. The van der Waals surface area contributed by atoms with E-state index in [2.05, 4.69) is 11.8 Å². The molecule has 0 spiro atoms. The fourth-order valence-corrected chi connectivity index (χ4v) is 6.42. The first-order valence-electron chi connectivity index (χ1n) is 9.13. The zero-order valence-corrected chi connectivity index (χ0v) is 13.5. The van der Waals surface area contributed by atoms with Gasteiger partial charge in [0.1, 0.15) is 0 Å². The molecular weight excluding hydrogens is 262 g/mol. The number of nitrogens with zero attached hydrogens (tertiary/aromatic N) is 1. The maximum absolute atomic E-state index is 9.37. The molecular formula is C18H31NO2. The van der Waals surface area contributed by atoms with Gasteiger partial charge in [-0.2, -0.15) is 0 Å². The Balaban J connectivity index is 1.36. The highest BCUT2D eigenvalue weighted by Gasteiger charge is 2.50. The van der Waals surface area contributed by atoms with Gasteiger partial charge < -0.3 is 9.84 Å². The van der Waals surface area contributed by atoms with Gasteiger partial charge in [0.05, 0.1) is 18.8 Å². The smallest absolute Gasteiger partial charge is 0.0936 e. The zero-order valence-electron chi connectivity index (χ0n) is 13.5. The monoisotopic (exact) mass is 293 g/mol. The lowest BCUT2D eigenvalue weighted by Gasteiger charge is -2.57. The summed E-state index contributed by atoms with van der Waals surface area (Å²) in [6, 6.07) is 0. The fourth-order valence-electron chi connectivity index (χ4n) is 6.42. The van der Waals surface area contributed by atoms with Crippen molar-refractivity contribution in [2.75, 3.05) is 26.2 Å². The lowest BCUT2D eigenvalue weighted by Crippen LogP contribution is -2.51. The molecule has 3 heteroatoms. The van der Waals surface area contributed by atoms with Crippen LogP contribution in [0.3, 0.4) is 0 Å². The van der Waals surface area contributed by atoms with E-state index in [9.17, 15) is 5.11 Å². The molecule has 5 aliphatic rings. The van der Waals surface area contributed by atoms with Crippen LogP contribution in [0.25, 0.3) is 0 Å². The number of ether oxygens (including phenoxy) is 1. The second kappa shape index (κ2) is 5.50. The normalized spacial score (nSPS) is 49.7. The Morgan fingerprint density at radius 3 is 2.24 bits per heavy atom. The van der Waals surface area contributed by atoms with E-state index in [4.69, 9.17) is 4.74 Å². The highest BCUT2D eigenvalue weighted by Crippen LogP contribution is 2.61. The molecule has 3 nitrogen and oxygen atoms in total. The van der Waals surface area contributed by atoms with Gasteiger partial charge in [0.2, 0.25) is 0 Å².